The van der Waals surface area contributed by atoms with Crippen LogP contribution in [0.25, 0.3) is 6.08 Å². The van der Waals surface area contributed by atoms with Gasteiger partial charge in [-0.1, -0.05) is 36.4 Å². The number of carbonyl (C=O) groups is 2. The van der Waals surface area contributed by atoms with E-state index >= 15 is 0 Å². The van der Waals surface area contributed by atoms with Gasteiger partial charge in [0.05, 0.1) is 29.8 Å². The molecule has 3 aromatic rings. The average molecular weight is 536 g/mol. The van der Waals surface area contributed by atoms with Crippen molar-refractivity contribution in [1.29, 1.82) is 5.26 Å². The van der Waals surface area contributed by atoms with Gasteiger partial charge in [0, 0.05) is 11.1 Å². The molecule has 0 spiro atoms. The van der Waals surface area contributed by atoms with Crippen LogP contribution in [0.4, 0.5) is 9.18 Å². The number of imide groups is 1. The van der Waals surface area contributed by atoms with Crippen LogP contribution in [0.15, 0.2) is 70.8 Å². The molecule has 1 heterocycles. The van der Waals surface area contributed by atoms with E-state index in [2.05, 4.69) is 27.3 Å². The maximum Gasteiger partial charge on any atom is 0.329 e. The first-order valence-corrected chi connectivity index (χ1v) is 11.3. The first-order chi connectivity index (χ1) is 16.9. The molecule has 1 N–H and O–H groups in total. The van der Waals surface area contributed by atoms with E-state index in [0.717, 1.165) is 10.5 Å². The second-order valence-corrected chi connectivity index (χ2v) is 8.42. The average Bonchev–Trinajstić information content (AvgIpc) is 3.11. The third-order valence-corrected chi connectivity index (χ3v) is 5.91. The Balaban J connectivity index is 1.55. The van der Waals surface area contributed by atoms with Gasteiger partial charge in [0.1, 0.15) is 18.1 Å². The quantitative estimate of drug-likeness (QED) is 0.334. The second kappa shape index (κ2) is 10.4. The largest absolute Gasteiger partial charge is 0.493 e. The van der Waals surface area contributed by atoms with Crippen LogP contribution < -0.4 is 14.8 Å². The summed E-state index contributed by atoms with van der Waals surface area (Å²) in [6.45, 7) is -0.0304. The fraction of sp³-hybridized carbons (Fsp3) is 0.115. The lowest BCUT2D eigenvalue weighted by Crippen LogP contribution is -2.30. The summed E-state index contributed by atoms with van der Waals surface area (Å²) < 4.78 is 25.9. The number of hydrogen-bond donors (Lipinski definition) is 1. The molecule has 1 saturated heterocycles. The van der Waals surface area contributed by atoms with E-state index in [0.29, 0.717) is 27.1 Å². The third-order valence-electron chi connectivity index (χ3n) is 5.32. The maximum atomic E-state index is 14.0. The number of benzene rings is 3. The number of nitrogens with one attached hydrogen (secondary N) is 1. The lowest BCUT2D eigenvalue weighted by molar-refractivity contribution is -0.123. The van der Waals surface area contributed by atoms with Gasteiger partial charge in [-0.3, -0.25) is 9.69 Å². The molecule has 0 aliphatic carbocycles. The number of nitrogens with zero attached hydrogens (tertiary/aromatic N) is 2. The smallest absolute Gasteiger partial charge is 0.329 e. The number of ether oxygens (including phenoxy) is 2. The Labute approximate surface area is 209 Å². The number of hydrogen-bond acceptors (Lipinski definition) is 5. The van der Waals surface area contributed by atoms with Crippen molar-refractivity contribution in [1.82, 2.24) is 10.2 Å². The highest BCUT2D eigenvalue weighted by molar-refractivity contribution is 9.10. The van der Waals surface area contributed by atoms with E-state index in [1.54, 1.807) is 36.4 Å². The van der Waals surface area contributed by atoms with Crippen LogP contribution >= 0.6 is 15.9 Å². The predicted molar refractivity (Wildman–Crippen MR) is 130 cm³/mol. The zero-order chi connectivity index (χ0) is 24.9. The molecule has 35 heavy (non-hydrogen) atoms. The minimum absolute atomic E-state index is 0.0527. The summed E-state index contributed by atoms with van der Waals surface area (Å²) in [4.78, 5) is 26.1. The maximum absolute atomic E-state index is 14.0. The Morgan fingerprint density at radius 3 is 2.54 bits per heavy atom. The molecule has 1 aliphatic rings. The SMILES string of the molecule is COc1cc(/C=C2/NC(=O)N(Cc3ccccc3F)C2=O)cc(Br)c1OCc1ccccc1C#N. The van der Waals surface area contributed by atoms with Gasteiger partial charge in [0.15, 0.2) is 11.5 Å². The van der Waals surface area contributed by atoms with E-state index in [1.165, 1.54) is 31.4 Å². The molecular formula is C26H19BrFN3O4. The molecule has 0 bridgehead atoms. The van der Waals surface area contributed by atoms with Gasteiger partial charge in [-0.15, -0.1) is 0 Å². The van der Waals surface area contributed by atoms with Crippen LogP contribution in [0.5, 0.6) is 11.5 Å². The molecule has 0 atom stereocenters. The molecule has 1 fully saturated rings. The van der Waals surface area contributed by atoms with Gasteiger partial charge in [-0.25, -0.2) is 9.18 Å². The standard InChI is InChI=1S/C26H19BrFN3O4/c1-34-23-12-16(10-20(27)24(23)35-15-19-8-3-2-6-17(19)13-29)11-22-25(32)31(26(33)30-22)14-18-7-4-5-9-21(18)28/h2-12H,14-15H2,1H3,(H,30,33)/b22-11+. The van der Waals surface area contributed by atoms with Crippen molar-refractivity contribution in [3.05, 3.63) is 98.9 Å². The summed E-state index contributed by atoms with van der Waals surface area (Å²) in [5.41, 5.74) is 2.09. The highest BCUT2D eigenvalue weighted by Crippen LogP contribution is 2.38. The highest BCUT2D eigenvalue weighted by Gasteiger charge is 2.34. The molecule has 9 heteroatoms. The Morgan fingerprint density at radius 1 is 1.11 bits per heavy atom. The molecule has 0 aromatic heterocycles. The Hall–Kier alpha value is -4.16. The summed E-state index contributed by atoms with van der Waals surface area (Å²) in [6, 6.07) is 18.0. The Bertz CT molecular complexity index is 1380. The summed E-state index contributed by atoms with van der Waals surface area (Å²) in [7, 11) is 1.48. The minimum atomic E-state index is -0.633. The van der Waals surface area contributed by atoms with E-state index in [-0.39, 0.29) is 24.4 Å². The van der Waals surface area contributed by atoms with E-state index < -0.39 is 17.8 Å². The van der Waals surface area contributed by atoms with Crippen molar-refractivity contribution in [2.75, 3.05) is 7.11 Å². The third kappa shape index (κ3) is 5.18. The number of urea groups is 1. The van der Waals surface area contributed by atoms with E-state index in [1.807, 2.05) is 6.07 Å². The van der Waals surface area contributed by atoms with E-state index in [9.17, 15) is 19.2 Å². The monoisotopic (exact) mass is 535 g/mol. The molecule has 0 saturated carbocycles. The Morgan fingerprint density at radius 2 is 1.83 bits per heavy atom. The van der Waals surface area contributed by atoms with Crippen molar-refractivity contribution in [3.8, 4) is 17.6 Å². The first kappa shape index (κ1) is 24.0. The number of halogens is 2. The van der Waals surface area contributed by atoms with Crippen molar-refractivity contribution < 1.29 is 23.5 Å². The Kier molecular flexibility index (Phi) is 7.13. The van der Waals surface area contributed by atoms with Crippen LogP contribution in [0.2, 0.25) is 0 Å². The zero-order valence-electron chi connectivity index (χ0n) is 18.5. The summed E-state index contributed by atoms with van der Waals surface area (Å²) >= 11 is 3.46. The summed E-state index contributed by atoms with van der Waals surface area (Å²) in [5, 5.41) is 11.8. The van der Waals surface area contributed by atoms with Crippen LogP contribution in [0, 0.1) is 17.1 Å². The van der Waals surface area contributed by atoms with Crippen LogP contribution in [-0.2, 0) is 17.9 Å². The molecule has 0 radical (unpaired) electrons. The number of nitriles is 1. The molecule has 3 amide bonds. The van der Waals surface area contributed by atoms with Crippen molar-refractivity contribution in [2.24, 2.45) is 0 Å². The van der Waals surface area contributed by atoms with Crippen molar-refractivity contribution in [2.45, 2.75) is 13.2 Å². The molecule has 7 nitrogen and oxygen atoms in total. The lowest BCUT2D eigenvalue weighted by atomic mass is 10.1. The molecular weight excluding hydrogens is 517 g/mol. The van der Waals surface area contributed by atoms with Crippen molar-refractivity contribution in [3.63, 3.8) is 0 Å². The fourth-order valence-corrected chi connectivity index (χ4v) is 4.12. The number of rotatable bonds is 7. The summed E-state index contributed by atoms with van der Waals surface area (Å²) in [6.07, 6.45) is 1.50. The van der Waals surface area contributed by atoms with Gasteiger partial charge in [0.2, 0.25) is 0 Å². The van der Waals surface area contributed by atoms with Crippen molar-refractivity contribution >= 4 is 33.9 Å². The molecule has 1 aliphatic heterocycles. The zero-order valence-corrected chi connectivity index (χ0v) is 20.1. The second-order valence-electron chi connectivity index (χ2n) is 7.56. The number of carbonyl (C=O) groups excluding carboxylic acids is 2. The molecule has 3 aromatic carbocycles. The van der Waals surface area contributed by atoms with E-state index in [4.69, 9.17) is 9.47 Å². The topological polar surface area (TPSA) is 91.7 Å². The van der Waals surface area contributed by atoms with Crippen LogP contribution in [0.3, 0.4) is 0 Å². The highest BCUT2D eigenvalue weighted by atomic mass is 79.9. The van der Waals surface area contributed by atoms with Gasteiger partial charge < -0.3 is 14.8 Å². The van der Waals surface area contributed by atoms with Gasteiger partial charge in [-0.2, -0.15) is 5.26 Å². The molecule has 0 unspecified atom stereocenters. The first-order valence-electron chi connectivity index (χ1n) is 10.5. The lowest BCUT2D eigenvalue weighted by Gasteiger charge is -2.14. The normalized spacial score (nSPS) is 14.1. The minimum Gasteiger partial charge on any atom is -0.493 e. The fourth-order valence-electron chi connectivity index (χ4n) is 3.55. The van der Waals surface area contributed by atoms with Gasteiger partial charge >= 0.3 is 6.03 Å². The van der Waals surface area contributed by atoms with Crippen LogP contribution in [0.1, 0.15) is 22.3 Å². The van der Waals surface area contributed by atoms with Crippen LogP contribution in [-0.4, -0.2) is 23.9 Å². The predicted octanol–water partition coefficient (Wildman–Crippen LogP) is 5.14. The molecule has 176 valence electrons. The van der Waals surface area contributed by atoms with Gasteiger partial charge in [0.25, 0.3) is 5.91 Å². The molecule has 4 rings (SSSR count). The van der Waals surface area contributed by atoms with Gasteiger partial charge in [-0.05, 0) is 51.8 Å². The number of methoxy groups -OCH3 is 1. The number of amides is 3. The summed E-state index contributed by atoms with van der Waals surface area (Å²) in [5.74, 6) is -0.250.